The highest BCUT2D eigenvalue weighted by molar-refractivity contribution is 9.10. The van der Waals surface area contributed by atoms with Gasteiger partial charge in [-0.1, -0.05) is 39.8 Å². The van der Waals surface area contributed by atoms with Crippen molar-refractivity contribution in [3.05, 3.63) is 83.1 Å². The molecule has 4 rings (SSSR count). The molecular formula is C23H19BrN6O2S. The van der Waals surface area contributed by atoms with Gasteiger partial charge in [-0.25, -0.2) is 5.43 Å². The summed E-state index contributed by atoms with van der Waals surface area (Å²) in [5.41, 5.74) is 5.12. The van der Waals surface area contributed by atoms with Crippen LogP contribution in [0.4, 0.5) is 0 Å². The fourth-order valence-corrected chi connectivity index (χ4v) is 3.95. The number of pyridine rings is 1. The number of amides is 1. The molecule has 1 N–H and O–H groups in total. The molecule has 0 saturated heterocycles. The van der Waals surface area contributed by atoms with Crippen LogP contribution in [0.3, 0.4) is 0 Å². The molecule has 8 nitrogen and oxygen atoms in total. The standard InChI is InChI=1S/C23H19BrN6O2S/c1-32-20-4-2-3-16(13-20)14-26-27-21(31)15-33-23-29-28-22(17-9-11-25-12-10-17)30(23)19-7-5-18(24)6-8-19/h2-14H,15H2,1H3,(H,27,31). The van der Waals surface area contributed by atoms with Crippen molar-refractivity contribution in [1.82, 2.24) is 25.2 Å². The van der Waals surface area contributed by atoms with E-state index >= 15 is 0 Å². The van der Waals surface area contributed by atoms with Crippen molar-refractivity contribution in [3.8, 4) is 22.8 Å². The molecule has 0 aliphatic carbocycles. The van der Waals surface area contributed by atoms with Gasteiger partial charge in [0.1, 0.15) is 5.75 Å². The molecule has 2 aromatic heterocycles. The lowest BCUT2D eigenvalue weighted by atomic mass is 10.2. The van der Waals surface area contributed by atoms with Crippen LogP contribution in [0.15, 0.2) is 87.8 Å². The molecule has 2 aromatic carbocycles. The van der Waals surface area contributed by atoms with Crippen molar-refractivity contribution in [2.75, 3.05) is 12.9 Å². The lowest BCUT2D eigenvalue weighted by molar-refractivity contribution is -0.118. The lowest BCUT2D eigenvalue weighted by Crippen LogP contribution is -2.20. The molecule has 2 heterocycles. The third-order valence-corrected chi connectivity index (χ3v) is 5.94. The first-order valence-electron chi connectivity index (χ1n) is 9.84. The predicted octanol–water partition coefficient (Wildman–Crippen LogP) is 4.34. The number of methoxy groups -OCH3 is 1. The summed E-state index contributed by atoms with van der Waals surface area (Å²) in [5, 5.41) is 13.3. The monoisotopic (exact) mass is 522 g/mol. The first-order chi connectivity index (χ1) is 16.1. The highest BCUT2D eigenvalue weighted by atomic mass is 79.9. The first-order valence-corrected chi connectivity index (χ1v) is 11.6. The minimum atomic E-state index is -0.255. The quantitative estimate of drug-likeness (QED) is 0.210. The van der Waals surface area contributed by atoms with Gasteiger partial charge in [0.15, 0.2) is 11.0 Å². The maximum Gasteiger partial charge on any atom is 0.250 e. The minimum Gasteiger partial charge on any atom is -0.497 e. The number of aromatic nitrogens is 4. The lowest BCUT2D eigenvalue weighted by Gasteiger charge is -2.10. The Bertz CT molecular complexity index is 1260. The molecule has 1 amide bonds. The number of ether oxygens (including phenoxy) is 1. The van der Waals surface area contributed by atoms with E-state index in [1.54, 1.807) is 25.7 Å². The third kappa shape index (κ3) is 5.85. The summed E-state index contributed by atoms with van der Waals surface area (Å²) < 4.78 is 8.07. The maximum absolute atomic E-state index is 12.4. The Morgan fingerprint density at radius 2 is 1.94 bits per heavy atom. The van der Waals surface area contributed by atoms with Crippen molar-refractivity contribution in [1.29, 1.82) is 0 Å². The number of hydrogen-bond donors (Lipinski definition) is 1. The Morgan fingerprint density at radius 1 is 1.15 bits per heavy atom. The Morgan fingerprint density at radius 3 is 2.70 bits per heavy atom. The van der Waals surface area contributed by atoms with Gasteiger partial charge in [0.25, 0.3) is 5.91 Å². The number of rotatable bonds is 8. The van der Waals surface area contributed by atoms with E-state index in [2.05, 4.69) is 41.6 Å². The number of nitrogens with one attached hydrogen (secondary N) is 1. The van der Waals surface area contributed by atoms with Crippen molar-refractivity contribution in [3.63, 3.8) is 0 Å². The van der Waals surface area contributed by atoms with Crippen LogP contribution in [-0.4, -0.2) is 44.7 Å². The van der Waals surface area contributed by atoms with E-state index in [1.807, 2.05) is 65.2 Å². The zero-order valence-electron chi connectivity index (χ0n) is 17.6. The molecule has 0 aliphatic rings. The average molecular weight is 523 g/mol. The highest BCUT2D eigenvalue weighted by Gasteiger charge is 2.17. The molecule has 0 spiro atoms. The molecule has 0 saturated carbocycles. The molecule has 0 aliphatic heterocycles. The average Bonchev–Trinajstić information content (AvgIpc) is 3.28. The van der Waals surface area contributed by atoms with Crippen LogP contribution in [0, 0.1) is 0 Å². The van der Waals surface area contributed by atoms with Gasteiger partial charge in [-0.05, 0) is 54.1 Å². The summed E-state index contributed by atoms with van der Waals surface area (Å²) in [5.74, 6) is 1.26. The van der Waals surface area contributed by atoms with Gasteiger partial charge in [-0.15, -0.1) is 10.2 Å². The molecule has 0 atom stereocenters. The molecule has 0 fully saturated rings. The topological polar surface area (TPSA) is 94.3 Å². The first kappa shape index (κ1) is 22.7. The molecule has 0 unspecified atom stereocenters. The molecule has 10 heteroatoms. The summed E-state index contributed by atoms with van der Waals surface area (Å²) in [6, 6.07) is 18.9. The van der Waals surface area contributed by atoms with Crippen LogP contribution >= 0.6 is 27.7 Å². The van der Waals surface area contributed by atoms with E-state index in [4.69, 9.17) is 4.74 Å². The summed E-state index contributed by atoms with van der Waals surface area (Å²) in [7, 11) is 1.60. The van der Waals surface area contributed by atoms with Crippen molar-refractivity contribution >= 4 is 39.8 Å². The second kappa shape index (κ2) is 10.9. The number of benzene rings is 2. The SMILES string of the molecule is COc1cccc(C=NNC(=O)CSc2nnc(-c3ccncc3)n2-c2ccc(Br)cc2)c1. The number of carbonyl (C=O) groups excluding carboxylic acids is 1. The summed E-state index contributed by atoms with van der Waals surface area (Å²) in [4.78, 5) is 16.4. The summed E-state index contributed by atoms with van der Waals surface area (Å²) in [6.07, 6.45) is 4.98. The van der Waals surface area contributed by atoms with Gasteiger partial charge < -0.3 is 4.74 Å². The van der Waals surface area contributed by atoms with E-state index in [-0.39, 0.29) is 11.7 Å². The summed E-state index contributed by atoms with van der Waals surface area (Å²) in [6.45, 7) is 0. The third-order valence-electron chi connectivity index (χ3n) is 4.49. The van der Waals surface area contributed by atoms with E-state index in [0.717, 1.165) is 27.0 Å². The largest absolute Gasteiger partial charge is 0.497 e. The van der Waals surface area contributed by atoms with E-state index < -0.39 is 0 Å². The van der Waals surface area contributed by atoms with Crippen LogP contribution in [0.25, 0.3) is 17.1 Å². The summed E-state index contributed by atoms with van der Waals surface area (Å²) >= 11 is 4.74. The normalized spacial score (nSPS) is 11.0. The second-order valence-corrected chi connectivity index (χ2v) is 8.57. The molecule has 166 valence electrons. The molecule has 33 heavy (non-hydrogen) atoms. The molecule has 4 aromatic rings. The smallest absolute Gasteiger partial charge is 0.250 e. The highest BCUT2D eigenvalue weighted by Crippen LogP contribution is 2.28. The zero-order chi connectivity index (χ0) is 23.0. The van der Waals surface area contributed by atoms with E-state index in [9.17, 15) is 4.79 Å². The van der Waals surface area contributed by atoms with Crippen LogP contribution in [0.2, 0.25) is 0 Å². The fourth-order valence-electron chi connectivity index (χ4n) is 2.94. The number of halogens is 1. The van der Waals surface area contributed by atoms with Crippen LogP contribution in [0.5, 0.6) is 5.75 Å². The van der Waals surface area contributed by atoms with Crippen molar-refractivity contribution < 1.29 is 9.53 Å². The van der Waals surface area contributed by atoms with Crippen LogP contribution in [0.1, 0.15) is 5.56 Å². The van der Waals surface area contributed by atoms with E-state index in [1.165, 1.54) is 11.8 Å². The zero-order valence-corrected chi connectivity index (χ0v) is 20.0. The van der Waals surface area contributed by atoms with Crippen molar-refractivity contribution in [2.24, 2.45) is 5.10 Å². The number of nitrogens with zero attached hydrogens (tertiary/aromatic N) is 5. The van der Waals surface area contributed by atoms with Gasteiger partial charge in [0.05, 0.1) is 19.1 Å². The van der Waals surface area contributed by atoms with Gasteiger partial charge in [-0.2, -0.15) is 5.10 Å². The molecular weight excluding hydrogens is 504 g/mol. The van der Waals surface area contributed by atoms with Gasteiger partial charge in [0.2, 0.25) is 0 Å². The molecule has 0 bridgehead atoms. The number of hydrogen-bond acceptors (Lipinski definition) is 7. The fraction of sp³-hybridized carbons (Fsp3) is 0.0870. The number of carbonyl (C=O) groups is 1. The van der Waals surface area contributed by atoms with Crippen molar-refractivity contribution in [2.45, 2.75) is 5.16 Å². The Hall–Kier alpha value is -3.50. The van der Waals surface area contributed by atoms with E-state index in [0.29, 0.717) is 11.0 Å². The minimum absolute atomic E-state index is 0.125. The molecule has 0 radical (unpaired) electrons. The van der Waals surface area contributed by atoms with Gasteiger partial charge in [0, 0.05) is 28.1 Å². The van der Waals surface area contributed by atoms with Gasteiger partial charge in [-0.3, -0.25) is 14.3 Å². The predicted molar refractivity (Wildman–Crippen MR) is 132 cm³/mol. The Kier molecular flexibility index (Phi) is 7.48. The second-order valence-electron chi connectivity index (χ2n) is 6.71. The number of hydrazone groups is 1. The van der Waals surface area contributed by atoms with Gasteiger partial charge >= 0.3 is 0 Å². The number of thioether (sulfide) groups is 1. The Labute approximate surface area is 203 Å². The Balaban J connectivity index is 1.48. The van der Waals surface area contributed by atoms with Crippen LogP contribution < -0.4 is 10.2 Å². The maximum atomic E-state index is 12.4. The van der Waals surface area contributed by atoms with Crippen LogP contribution in [-0.2, 0) is 4.79 Å².